The quantitative estimate of drug-likeness (QED) is 0.822. The van der Waals surface area contributed by atoms with Gasteiger partial charge in [0.2, 0.25) is 0 Å². The van der Waals surface area contributed by atoms with E-state index >= 15 is 0 Å². The number of halogens is 2. The molecule has 5 nitrogen and oxygen atoms in total. The van der Waals surface area contributed by atoms with Crippen molar-refractivity contribution in [1.82, 2.24) is 14.8 Å². The maximum atomic E-state index is 13.8. The van der Waals surface area contributed by atoms with Crippen LogP contribution in [0, 0.1) is 17.1 Å². The minimum absolute atomic E-state index is 0.103. The van der Waals surface area contributed by atoms with Crippen LogP contribution in [-0.4, -0.2) is 27.9 Å². The number of hydrogen-bond acceptors (Lipinski definition) is 4. The summed E-state index contributed by atoms with van der Waals surface area (Å²) in [5.41, 5.74) is 0.755. The van der Waals surface area contributed by atoms with Gasteiger partial charge in [0.25, 0.3) is 0 Å². The van der Waals surface area contributed by atoms with Crippen LogP contribution in [0.2, 0.25) is 0 Å². The van der Waals surface area contributed by atoms with E-state index in [-0.39, 0.29) is 5.56 Å². The molecule has 114 valence electrons. The fraction of sp³-hybridized carbons (Fsp3) is 0.400. The first-order valence-corrected chi connectivity index (χ1v) is 7.88. The Morgan fingerprint density at radius 2 is 2.09 bits per heavy atom. The van der Waals surface area contributed by atoms with Crippen LogP contribution in [-0.2, 0) is 7.05 Å². The number of aromatic nitrogens is 3. The molecule has 0 saturated carbocycles. The summed E-state index contributed by atoms with van der Waals surface area (Å²) in [4.78, 5) is 2.07. The smallest absolute Gasteiger partial charge is 0.143 e. The molecule has 1 aromatic heterocycles. The van der Waals surface area contributed by atoms with E-state index in [0.717, 1.165) is 36.2 Å². The average Bonchev–Trinajstić information content (AvgIpc) is 2.95. The number of anilines is 1. The van der Waals surface area contributed by atoms with Crippen LogP contribution in [0.15, 0.2) is 22.9 Å². The molecule has 7 heteroatoms. The van der Waals surface area contributed by atoms with Gasteiger partial charge in [0.1, 0.15) is 29.6 Å². The Balaban J connectivity index is 1.82. The van der Waals surface area contributed by atoms with Gasteiger partial charge in [0, 0.05) is 30.5 Å². The zero-order valence-electron chi connectivity index (χ0n) is 12.1. The first kappa shape index (κ1) is 15.0. The van der Waals surface area contributed by atoms with Crippen molar-refractivity contribution in [2.75, 3.05) is 18.0 Å². The van der Waals surface area contributed by atoms with Crippen LogP contribution in [0.1, 0.15) is 30.1 Å². The molecule has 1 aromatic carbocycles. The molecule has 1 aliphatic rings. The number of nitrogens with zero attached hydrogens (tertiary/aromatic N) is 5. The molecule has 0 amide bonds. The first-order valence-electron chi connectivity index (χ1n) is 7.08. The molecule has 0 bridgehead atoms. The second-order valence-electron chi connectivity index (χ2n) is 5.43. The third-order valence-corrected chi connectivity index (χ3v) is 4.75. The second kappa shape index (κ2) is 6.05. The summed E-state index contributed by atoms with van der Waals surface area (Å²) >= 11 is 3.44. The van der Waals surface area contributed by atoms with Gasteiger partial charge in [0.05, 0.1) is 5.69 Å². The van der Waals surface area contributed by atoms with Crippen molar-refractivity contribution >= 4 is 21.6 Å². The van der Waals surface area contributed by atoms with E-state index in [4.69, 9.17) is 0 Å². The van der Waals surface area contributed by atoms with E-state index in [1.165, 1.54) is 6.07 Å². The average molecular weight is 364 g/mol. The Morgan fingerprint density at radius 3 is 2.68 bits per heavy atom. The first-order chi connectivity index (χ1) is 10.6. The van der Waals surface area contributed by atoms with Crippen LogP contribution in [0.3, 0.4) is 0 Å². The van der Waals surface area contributed by atoms with Crippen molar-refractivity contribution < 1.29 is 4.39 Å². The summed E-state index contributed by atoms with van der Waals surface area (Å²) in [5, 5.41) is 17.3. The molecule has 22 heavy (non-hydrogen) atoms. The lowest BCUT2D eigenvalue weighted by Crippen LogP contribution is -2.34. The predicted octanol–water partition coefficient (Wildman–Crippen LogP) is 2.97. The molecule has 0 unspecified atom stereocenters. The highest BCUT2D eigenvalue weighted by atomic mass is 79.9. The summed E-state index contributed by atoms with van der Waals surface area (Å²) in [5.74, 6) is 0.858. The maximum Gasteiger partial charge on any atom is 0.143 e. The topological polar surface area (TPSA) is 57.7 Å². The highest BCUT2D eigenvalue weighted by Gasteiger charge is 2.27. The minimum Gasteiger partial charge on any atom is -0.369 e. The highest BCUT2D eigenvalue weighted by Crippen LogP contribution is 2.36. The standard InChI is InChI=1S/C15H15BrFN5/c1-21-9-19-20-15(21)10-4-6-22(7-5-10)14-11(8-18)13(17)3-2-12(14)16/h2-3,9-10H,4-7H2,1H3. The maximum absolute atomic E-state index is 13.8. The molecule has 3 rings (SSSR count). The van der Waals surface area contributed by atoms with Gasteiger partial charge in [-0.2, -0.15) is 5.26 Å². The molecular weight excluding hydrogens is 349 g/mol. The van der Waals surface area contributed by atoms with Gasteiger partial charge in [0.15, 0.2) is 0 Å². The lowest BCUT2D eigenvalue weighted by Gasteiger charge is -2.34. The van der Waals surface area contributed by atoms with Crippen molar-refractivity contribution in [1.29, 1.82) is 5.26 Å². The Hall–Kier alpha value is -1.94. The number of nitriles is 1. The Labute approximate surface area is 136 Å². The molecule has 0 radical (unpaired) electrons. The summed E-state index contributed by atoms with van der Waals surface area (Å²) in [6, 6.07) is 4.95. The van der Waals surface area contributed by atoms with Crippen molar-refractivity contribution in [2.45, 2.75) is 18.8 Å². The normalized spacial score (nSPS) is 15.8. The molecule has 1 aliphatic heterocycles. The van der Waals surface area contributed by atoms with Crippen molar-refractivity contribution in [3.63, 3.8) is 0 Å². The van der Waals surface area contributed by atoms with E-state index in [9.17, 15) is 9.65 Å². The Morgan fingerprint density at radius 1 is 1.36 bits per heavy atom. The largest absolute Gasteiger partial charge is 0.369 e. The molecule has 0 aliphatic carbocycles. The molecule has 2 heterocycles. The monoisotopic (exact) mass is 363 g/mol. The van der Waals surface area contributed by atoms with Gasteiger partial charge in [-0.05, 0) is 40.9 Å². The zero-order valence-corrected chi connectivity index (χ0v) is 13.7. The Bertz CT molecular complexity index is 728. The molecule has 0 N–H and O–H groups in total. The fourth-order valence-electron chi connectivity index (χ4n) is 2.98. The number of aryl methyl sites for hydroxylation is 1. The van der Waals surface area contributed by atoms with E-state index in [0.29, 0.717) is 11.6 Å². The summed E-state index contributed by atoms with van der Waals surface area (Å²) < 4.78 is 16.5. The van der Waals surface area contributed by atoms with Crippen LogP contribution in [0.4, 0.5) is 10.1 Å². The number of piperidine rings is 1. The van der Waals surface area contributed by atoms with Crippen molar-refractivity contribution in [2.24, 2.45) is 7.05 Å². The van der Waals surface area contributed by atoms with E-state index < -0.39 is 5.82 Å². The molecule has 2 aromatic rings. The third-order valence-electron chi connectivity index (χ3n) is 4.11. The predicted molar refractivity (Wildman–Crippen MR) is 84.0 cm³/mol. The summed E-state index contributed by atoms with van der Waals surface area (Å²) in [7, 11) is 1.94. The van der Waals surface area contributed by atoms with Crippen LogP contribution in [0.25, 0.3) is 0 Å². The van der Waals surface area contributed by atoms with Crippen molar-refractivity contribution in [3.05, 3.63) is 40.1 Å². The van der Waals surface area contributed by atoms with Gasteiger partial charge in [-0.1, -0.05) is 0 Å². The van der Waals surface area contributed by atoms with Crippen LogP contribution < -0.4 is 4.90 Å². The SMILES string of the molecule is Cn1cnnc1C1CCN(c2c(Br)ccc(F)c2C#N)CC1. The van der Waals surface area contributed by atoms with E-state index in [1.54, 1.807) is 12.4 Å². The molecule has 0 spiro atoms. The molecule has 1 saturated heterocycles. The lowest BCUT2D eigenvalue weighted by atomic mass is 9.95. The van der Waals surface area contributed by atoms with E-state index in [2.05, 4.69) is 31.0 Å². The van der Waals surface area contributed by atoms with Gasteiger partial charge in [-0.15, -0.1) is 10.2 Å². The lowest BCUT2D eigenvalue weighted by molar-refractivity contribution is 0.473. The molecular formula is C15H15BrFN5. The third kappa shape index (κ3) is 2.59. The Kier molecular flexibility index (Phi) is 4.12. The molecule has 1 fully saturated rings. The highest BCUT2D eigenvalue weighted by molar-refractivity contribution is 9.10. The summed E-state index contributed by atoms with van der Waals surface area (Å²) in [6.07, 6.45) is 3.51. The van der Waals surface area contributed by atoms with Crippen molar-refractivity contribution in [3.8, 4) is 6.07 Å². The van der Waals surface area contributed by atoms with E-state index in [1.807, 2.05) is 17.7 Å². The van der Waals surface area contributed by atoms with Crippen LogP contribution in [0.5, 0.6) is 0 Å². The molecule has 0 atom stereocenters. The van der Waals surface area contributed by atoms with Gasteiger partial charge in [-0.25, -0.2) is 4.39 Å². The van der Waals surface area contributed by atoms with Crippen LogP contribution >= 0.6 is 15.9 Å². The number of hydrogen-bond donors (Lipinski definition) is 0. The number of benzene rings is 1. The number of rotatable bonds is 2. The fourth-order valence-corrected chi connectivity index (χ4v) is 3.56. The minimum atomic E-state index is -0.476. The van der Waals surface area contributed by atoms with Gasteiger partial charge >= 0.3 is 0 Å². The van der Waals surface area contributed by atoms with Gasteiger partial charge in [-0.3, -0.25) is 0 Å². The zero-order chi connectivity index (χ0) is 15.7. The summed E-state index contributed by atoms with van der Waals surface area (Å²) in [6.45, 7) is 1.52. The van der Waals surface area contributed by atoms with Gasteiger partial charge < -0.3 is 9.47 Å². The second-order valence-corrected chi connectivity index (χ2v) is 6.28.